The third-order valence-corrected chi connectivity index (χ3v) is 4.53. The molecular weight excluding hydrogens is 360 g/mol. The Morgan fingerprint density at radius 1 is 1.11 bits per heavy atom. The van der Waals surface area contributed by atoms with Crippen LogP contribution in [0.1, 0.15) is 22.3 Å². The zero-order valence-corrected chi connectivity index (χ0v) is 15.6. The van der Waals surface area contributed by atoms with Crippen LogP contribution in [0.3, 0.4) is 0 Å². The van der Waals surface area contributed by atoms with Gasteiger partial charge in [-0.3, -0.25) is 14.4 Å². The fraction of sp³-hybridized carbons (Fsp3) is 0.286. The number of ether oxygens (including phenoxy) is 2. The van der Waals surface area contributed by atoms with Gasteiger partial charge in [0.2, 0.25) is 5.91 Å². The van der Waals surface area contributed by atoms with Crippen LogP contribution in [0, 0.1) is 0 Å². The molecule has 2 aromatic rings. The van der Waals surface area contributed by atoms with Gasteiger partial charge in [0, 0.05) is 13.1 Å². The van der Waals surface area contributed by atoms with Crippen LogP contribution in [-0.2, 0) is 20.9 Å². The van der Waals surface area contributed by atoms with E-state index in [9.17, 15) is 14.4 Å². The number of rotatable bonds is 6. The number of piperazine rings is 1. The number of nitrogens with one attached hydrogen (secondary N) is 1. The number of benzene rings is 2. The molecule has 1 aliphatic heterocycles. The van der Waals surface area contributed by atoms with Gasteiger partial charge in [-0.1, -0.05) is 42.5 Å². The lowest BCUT2D eigenvalue weighted by Gasteiger charge is -2.34. The fourth-order valence-electron chi connectivity index (χ4n) is 3.06. The molecule has 1 unspecified atom stereocenters. The molecule has 1 fully saturated rings. The van der Waals surface area contributed by atoms with Gasteiger partial charge in [-0.25, -0.2) is 0 Å². The van der Waals surface area contributed by atoms with Crippen molar-refractivity contribution < 1.29 is 23.9 Å². The highest BCUT2D eigenvalue weighted by atomic mass is 16.5. The number of para-hydroxylation sites is 1. The summed E-state index contributed by atoms with van der Waals surface area (Å²) in [5.41, 5.74) is 1.33. The second-order valence-corrected chi connectivity index (χ2v) is 6.36. The summed E-state index contributed by atoms with van der Waals surface area (Å²) in [6.45, 7) is 0.950. The number of carbonyl (C=O) groups is 3. The number of methoxy groups -OCH3 is 1. The van der Waals surface area contributed by atoms with E-state index in [0.717, 1.165) is 5.56 Å². The third-order valence-electron chi connectivity index (χ3n) is 4.53. The molecule has 28 heavy (non-hydrogen) atoms. The molecule has 0 saturated carbocycles. The van der Waals surface area contributed by atoms with Gasteiger partial charge in [-0.05, 0) is 17.7 Å². The third kappa shape index (κ3) is 4.49. The molecule has 3 rings (SSSR count). The first-order valence-electron chi connectivity index (χ1n) is 9.01. The van der Waals surface area contributed by atoms with Crippen molar-refractivity contribution in [1.29, 1.82) is 0 Å². The van der Waals surface area contributed by atoms with Crippen LogP contribution in [0.4, 0.5) is 0 Å². The summed E-state index contributed by atoms with van der Waals surface area (Å²) in [6, 6.07) is 15.6. The van der Waals surface area contributed by atoms with E-state index in [1.165, 1.54) is 12.0 Å². The quantitative estimate of drug-likeness (QED) is 0.770. The van der Waals surface area contributed by atoms with E-state index < -0.39 is 12.0 Å². The first-order chi connectivity index (χ1) is 13.6. The Labute approximate surface area is 163 Å². The number of nitrogens with zero attached hydrogens (tertiary/aromatic N) is 1. The number of hydrogen-bond donors (Lipinski definition) is 1. The van der Waals surface area contributed by atoms with Crippen LogP contribution in [0.2, 0.25) is 0 Å². The first kappa shape index (κ1) is 19.4. The minimum Gasteiger partial charge on any atom is -0.488 e. The molecule has 0 aromatic heterocycles. The smallest absolute Gasteiger partial charge is 0.308 e. The second kappa shape index (κ2) is 9.03. The van der Waals surface area contributed by atoms with Crippen LogP contribution in [0.25, 0.3) is 0 Å². The number of hydrogen-bond acceptors (Lipinski definition) is 5. The highest BCUT2D eigenvalue weighted by Crippen LogP contribution is 2.23. The molecule has 1 saturated heterocycles. The van der Waals surface area contributed by atoms with Crippen LogP contribution in [0.5, 0.6) is 5.75 Å². The Balaban J connectivity index is 1.80. The maximum atomic E-state index is 13.2. The summed E-state index contributed by atoms with van der Waals surface area (Å²) >= 11 is 0. The lowest BCUT2D eigenvalue weighted by atomic mass is 10.1. The van der Waals surface area contributed by atoms with Gasteiger partial charge in [0.25, 0.3) is 5.91 Å². The van der Waals surface area contributed by atoms with Gasteiger partial charge in [0.05, 0.1) is 19.1 Å². The van der Waals surface area contributed by atoms with Crippen molar-refractivity contribution in [2.45, 2.75) is 19.1 Å². The Hall–Kier alpha value is -3.35. The fourth-order valence-corrected chi connectivity index (χ4v) is 3.06. The monoisotopic (exact) mass is 382 g/mol. The van der Waals surface area contributed by atoms with Gasteiger partial charge in [-0.2, -0.15) is 0 Å². The highest BCUT2D eigenvalue weighted by molar-refractivity contribution is 6.01. The molecule has 7 heteroatoms. The van der Waals surface area contributed by atoms with Crippen molar-refractivity contribution in [2.24, 2.45) is 0 Å². The van der Waals surface area contributed by atoms with E-state index in [2.05, 4.69) is 10.1 Å². The van der Waals surface area contributed by atoms with E-state index in [0.29, 0.717) is 31.0 Å². The van der Waals surface area contributed by atoms with Crippen LogP contribution >= 0.6 is 0 Å². The van der Waals surface area contributed by atoms with Gasteiger partial charge in [0.1, 0.15) is 18.4 Å². The van der Waals surface area contributed by atoms with Crippen molar-refractivity contribution in [2.75, 3.05) is 20.2 Å². The van der Waals surface area contributed by atoms with E-state index in [4.69, 9.17) is 4.74 Å². The summed E-state index contributed by atoms with van der Waals surface area (Å²) in [4.78, 5) is 38.5. The van der Waals surface area contributed by atoms with Crippen LogP contribution in [-0.4, -0.2) is 48.9 Å². The summed E-state index contributed by atoms with van der Waals surface area (Å²) in [6.07, 6.45) is -0.193. The normalized spacial score (nSPS) is 16.2. The predicted molar refractivity (Wildman–Crippen MR) is 102 cm³/mol. The summed E-state index contributed by atoms with van der Waals surface area (Å²) in [5, 5.41) is 2.69. The molecule has 0 spiro atoms. The van der Waals surface area contributed by atoms with Crippen LogP contribution in [0.15, 0.2) is 54.6 Å². The van der Waals surface area contributed by atoms with Crippen molar-refractivity contribution in [1.82, 2.24) is 10.2 Å². The molecule has 1 heterocycles. The first-order valence-corrected chi connectivity index (χ1v) is 9.01. The van der Waals surface area contributed by atoms with E-state index in [-0.39, 0.29) is 18.2 Å². The molecule has 2 aromatic carbocycles. The molecule has 0 bridgehead atoms. The van der Waals surface area contributed by atoms with Crippen molar-refractivity contribution in [3.63, 3.8) is 0 Å². The average Bonchev–Trinajstić information content (AvgIpc) is 2.74. The average molecular weight is 382 g/mol. The van der Waals surface area contributed by atoms with Crippen molar-refractivity contribution in [3.8, 4) is 5.75 Å². The van der Waals surface area contributed by atoms with E-state index in [1.54, 1.807) is 24.3 Å². The molecule has 0 radical (unpaired) electrons. The lowest BCUT2D eigenvalue weighted by molar-refractivity contribution is -0.145. The summed E-state index contributed by atoms with van der Waals surface area (Å²) < 4.78 is 10.5. The number of carbonyl (C=O) groups excluding carboxylic acids is 3. The standard InChI is InChI=1S/C21H22N2O5/c1-27-19(24)13-17-20(25)22-11-12-23(17)21(26)16-9-5-6-10-18(16)28-14-15-7-3-2-4-8-15/h2-10,17H,11-14H2,1H3,(H,22,25). The van der Waals surface area contributed by atoms with Gasteiger partial charge >= 0.3 is 5.97 Å². The largest absolute Gasteiger partial charge is 0.488 e. The Morgan fingerprint density at radius 2 is 1.82 bits per heavy atom. The topological polar surface area (TPSA) is 84.9 Å². The zero-order valence-electron chi connectivity index (χ0n) is 15.6. The minimum absolute atomic E-state index is 0.193. The molecule has 1 N–H and O–H groups in total. The Kier molecular flexibility index (Phi) is 6.26. The molecule has 0 aliphatic carbocycles. The lowest BCUT2D eigenvalue weighted by Crippen LogP contribution is -2.57. The Bertz CT molecular complexity index is 853. The molecular formula is C21H22N2O5. The zero-order chi connectivity index (χ0) is 19.9. The number of esters is 1. The van der Waals surface area contributed by atoms with Crippen molar-refractivity contribution in [3.05, 3.63) is 65.7 Å². The van der Waals surface area contributed by atoms with Crippen molar-refractivity contribution >= 4 is 17.8 Å². The highest BCUT2D eigenvalue weighted by Gasteiger charge is 2.36. The molecule has 1 aliphatic rings. The van der Waals surface area contributed by atoms with Gasteiger partial charge in [-0.15, -0.1) is 0 Å². The molecule has 2 amide bonds. The molecule has 1 atom stereocenters. The second-order valence-electron chi connectivity index (χ2n) is 6.36. The summed E-state index contributed by atoms with van der Waals surface area (Å²) in [5.74, 6) is -0.840. The minimum atomic E-state index is -0.907. The number of amides is 2. The maximum Gasteiger partial charge on any atom is 0.308 e. The van der Waals surface area contributed by atoms with E-state index in [1.807, 2.05) is 30.3 Å². The van der Waals surface area contributed by atoms with Crippen LogP contribution < -0.4 is 10.1 Å². The van der Waals surface area contributed by atoms with Gasteiger partial charge in [0.15, 0.2) is 0 Å². The maximum absolute atomic E-state index is 13.2. The SMILES string of the molecule is COC(=O)CC1C(=O)NCCN1C(=O)c1ccccc1OCc1ccccc1. The van der Waals surface area contributed by atoms with E-state index >= 15 is 0 Å². The molecule has 7 nitrogen and oxygen atoms in total. The Morgan fingerprint density at radius 3 is 2.57 bits per heavy atom. The summed E-state index contributed by atoms with van der Waals surface area (Å²) in [7, 11) is 1.25. The predicted octanol–water partition coefficient (Wildman–Crippen LogP) is 1.77. The molecule has 146 valence electrons. The van der Waals surface area contributed by atoms with Gasteiger partial charge < -0.3 is 19.7 Å².